The highest BCUT2D eigenvalue weighted by atomic mass is 16.4. The summed E-state index contributed by atoms with van der Waals surface area (Å²) in [7, 11) is 0. The maximum Gasteiger partial charge on any atom is 0.317 e. The van der Waals surface area contributed by atoms with E-state index in [4.69, 9.17) is 5.11 Å². The summed E-state index contributed by atoms with van der Waals surface area (Å²) in [6.07, 6.45) is 0.864. The fourth-order valence-electron chi connectivity index (χ4n) is 4.05. The van der Waals surface area contributed by atoms with E-state index in [0.717, 1.165) is 32.6 Å². The molecule has 0 aromatic carbocycles. The van der Waals surface area contributed by atoms with Crippen molar-refractivity contribution in [3.8, 4) is 0 Å². The van der Waals surface area contributed by atoms with Crippen molar-refractivity contribution in [2.75, 3.05) is 78.5 Å². The first-order chi connectivity index (χ1) is 13.3. The summed E-state index contributed by atoms with van der Waals surface area (Å²) in [6, 6.07) is 0. The summed E-state index contributed by atoms with van der Waals surface area (Å²) in [5, 5.41) is 27.6. The number of aliphatic carboxylic acids is 3. The van der Waals surface area contributed by atoms with Crippen molar-refractivity contribution < 1.29 is 29.7 Å². The molecular weight excluding hydrogens is 368 g/mol. The lowest BCUT2D eigenvalue weighted by atomic mass is 10.0. The van der Waals surface area contributed by atoms with Crippen LogP contribution in [0.15, 0.2) is 0 Å². The van der Waals surface area contributed by atoms with Gasteiger partial charge in [0.05, 0.1) is 19.5 Å². The molecular formula is C18H32N4O6. The molecule has 2 bridgehead atoms. The zero-order valence-electron chi connectivity index (χ0n) is 16.3. The number of rotatable bonds is 6. The fraction of sp³-hybridized carbons (Fsp3) is 0.833. The fourth-order valence-corrected chi connectivity index (χ4v) is 4.05. The summed E-state index contributed by atoms with van der Waals surface area (Å²) in [5.74, 6) is -2.79. The molecule has 10 nitrogen and oxygen atoms in total. The summed E-state index contributed by atoms with van der Waals surface area (Å²) in [4.78, 5) is 41.9. The topological polar surface area (TPSA) is 125 Å². The third-order valence-corrected chi connectivity index (χ3v) is 5.36. The van der Waals surface area contributed by atoms with Crippen molar-refractivity contribution in [3.05, 3.63) is 0 Å². The van der Waals surface area contributed by atoms with E-state index in [1.54, 1.807) is 0 Å². The molecule has 2 fully saturated rings. The van der Waals surface area contributed by atoms with E-state index in [0.29, 0.717) is 39.3 Å². The molecule has 160 valence electrons. The van der Waals surface area contributed by atoms with Crippen LogP contribution in [0.2, 0.25) is 0 Å². The van der Waals surface area contributed by atoms with Crippen molar-refractivity contribution >= 4 is 17.9 Å². The van der Waals surface area contributed by atoms with E-state index >= 15 is 0 Å². The van der Waals surface area contributed by atoms with E-state index in [1.807, 2.05) is 9.80 Å². The van der Waals surface area contributed by atoms with Crippen molar-refractivity contribution in [1.82, 2.24) is 19.6 Å². The Kier molecular flexibility index (Phi) is 9.10. The number of carbonyl (C=O) groups is 3. The number of carboxylic acids is 3. The molecule has 2 rings (SSSR count). The van der Waals surface area contributed by atoms with Gasteiger partial charge in [-0.2, -0.15) is 0 Å². The van der Waals surface area contributed by atoms with Gasteiger partial charge in [-0.25, -0.2) is 0 Å². The summed E-state index contributed by atoms with van der Waals surface area (Å²) in [6.45, 7) is 6.73. The molecule has 3 N–H and O–H groups in total. The van der Waals surface area contributed by atoms with Crippen LogP contribution in [0.5, 0.6) is 0 Å². The van der Waals surface area contributed by atoms with Crippen molar-refractivity contribution in [2.24, 2.45) is 5.92 Å². The number of carboxylic acid groups (broad SMARTS) is 3. The highest BCUT2D eigenvalue weighted by Crippen LogP contribution is 2.13. The Labute approximate surface area is 165 Å². The van der Waals surface area contributed by atoms with Crippen molar-refractivity contribution in [2.45, 2.75) is 12.8 Å². The maximum absolute atomic E-state index is 11.3. The van der Waals surface area contributed by atoms with Crippen LogP contribution >= 0.6 is 0 Å². The van der Waals surface area contributed by atoms with Crippen LogP contribution in [0.4, 0.5) is 0 Å². The molecule has 10 heteroatoms. The van der Waals surface area contributed by atoms with Gasteiger partial charge in [-0.3, -0.25) is 24.2 Å². The number of fused-ring (bicyclic) bond motifs is 3. The van der Waals surface area contributed by atoms with E-state index in [1.165, 1.54) is 0 Å². The van der Waals surface area contributed by atoms with Gasteiger partial charge in [0.1, 0.15) is 0 Å². The highest BCUT2D eigenvalue weighted by molar-refractivity contribution is 5.69. The second kappa shape index (κ2) is 11.3. The van der Waals surface area contributed by atoms with Gasteiger partial charge in [-0.15, -0.1) is 0 Å². The van der Waals surface area contributed by atoms with Crippen LogP contribution in [-0.4, -0.2) is 131 Å². The SMILES string of the molecule is O=C(O)CC1CN2CCN(CCCN(CC(=O)O)CC2)CCN(CC(=O)O)C1. The quantitative estimate of drug-likeness (QED) is 0.504. The van der Waals surface area contributed by atoms with E-state index < -0.39 is 17.9 Å². The van der Waals surface area contributed by atoms with Crippen LogP contribution in [0.1, 0.15) is 12.8 Å². The van der Waals surface area contributed by atoms with Gasteiger partial charge in [0.15, 0.2) is 0 Å². The predicted octanol–water partition coefficient (Wildman–Crippen LogP) is -1.13. The van der Waals surface area contributed by atoms with Gasteiger partial charge in [0.25, 0.3) is 0 Å². The molecule has 2 heterocycles. The van der Waals surface area contributed by atoms with Gasteiger partial charge in [-0.1, -0.05) is 0 Å². The molecule has 2 aliphatic rings. The smallest absolute Gasteiger partial charge is 0.317 e. The Bertz CT molecular complexity index is 546. The predicted molar refractivity (Wildman–Crippen MR) is 101 cm³/mol. The molecule has 0 spiro atoms. The van der Waals surface area contributed by atoms with Crippen molar-refractivity contribution in [1.29, 1.82) is 0 Å². The third-order valence-electron chi connectivity index (χ3n) is 5.36. The first-order valence-corrected chi connectivity index (χ1v) is 9.86. The average Bonchev–Trinajstić information content (AvgIpc) is 2.58. The van der Waals surface area contributed by atoms with Gasteiger partial charge in [0.2, 0.25) is 0 Å². The molecule has 28 heavy (non-hydrogen) atoms. The van der Waals surface area contributed by atoms with Crippen LogP contribution < -0.4 is 0 Å². The van der Waals surface area contributed by atoms with E-state index in [-0.39, 0.29) is 25.4 Å². The second-order valence-corrected chi connectivity index (χ2v) is 7.76. The number of nitrogens with zero attached hydrogens (tertiary/aromatic N) is 4. The molecule has 0 aliphatic carbocycles. The zero-order chi connectivity index (χ0) is 20.5. The minimum absolute atomic E-state index is 0.00479. The Morgan fingerprint density at radius 3 is 1.89 bits per heavy atom. The van der Waals surface area contributed by atoms with Gasteiger partial charge >= 0.3 is 17.9 Å². The minimum Gasteiger partial charge on any atom is -0.481 e. The first-order valence-electron chi connectivity index (χ1n) is 9.86. The highest BCUT2D eigenvalue weighted by Gasteiger charge is 2.25. The number of hydrogen-bond donors (Lipinski definition) is 3. The van der Waals surface area contributed by atoms with Gasteiger partial charge < -0.3 is 25.1 Å². The molecule has 2 saturated heterocycles. The Morgan fingerprint density at radius 1 is 0.643 bits per heavy atom. The van der Waals surface area contributed by atoms with Crippen LogP contribution in [0.3, 0.4) is 0 Å². The van der Waals surface area contributed by atoms with Gasteiger partial charge in [-0.05, 0) is 18.9 Å². The van der Waals surface area contributed by atoms with Crippen LogP contribution in [-0.2, 0) is 14.4 Å². The zero-order valence-corrected chi connectivity index (χ0v) is 16.3. The van der Waals surface area contributed by atoms with Crippen LogP contribution in [0, 0.1) is 5.92 Å². The standard InChI is InChI=1S/C18H32N4O6/c23-16(24)10-15-11-21-6-4-19(5-9-22(12-15)14-18(27)28)2-1-3-20(7-8-21)13-17(25)26/h15H,1-14H2,(H,23,24)(H,25,26)(H,27,28). The minimum atomic E-state index is -0.903. The van der Waals surface area contributed by atoms with E-state index in [2.05, 4.69) is 9.80 Å². The molecule has 2 aliphatic heterocycles. The lowest BCUT2D eigenvalue weighted by Crippen LogP contribution is -2.50. The summed E-state index contributed by atoms with van der Waals surface area (Å²) in [5.41, 5.74) is 0. The largest absolute Gasteiger partial charge is 0.481 e. The molecule has 0 amide bonds. The molecule has 3 atom stereocenters. The summed E-state index contributed by atoms with van der Waals surface area (Å²) >= 11 is 0. The lowest BCUT2D eigenvalue weighted by Gasteiger charge is -2.37. The van der Waals surface area contributed by atoms with Crippen molar-refractivity contribution in [3.63, 3.8) is 0 Å². The molecule has 0 aromatic rings. The molecule has 0 aromatic heterocycles. The Morgan fingerprint density at radius 2 is 1.21 bits per heavy atom. The van der Waals surface area contributed by atoms with Gasteiger partial charge in [0, 0.05) is 58.9 Å². The lowest BCUT2D eigenvalue weighted by molar-refractivity contribution is -0.140. The van der Waals surface area contributed by atoms with Crippen LogP contribution in [0.25, 0.3) is 0 Å². The Balaban J connectivity index is 2.13. The maximum atomic E-state index is 11.3. The Hall–Kier alpha value is -1.75. The number of hydrogen-bond acceptors (Lipinski definition) is 7. The average molecular weight is 400 g/mol. The third kappa shape index (κ3) is 8.51. The molecule has 3 unspecified atom stereocenters. The molecule has 0 radical (unpaired) electrons. The van der Waals surface area contributed by atoms with E-state index in [9.17, 15) is 24.6 Å². The molecule has 0 saturated carbocycles. The normalized spacial score (nSPS) is 28.5. The summed E-state index contributed by atoms with van der Waals surface area (Å²) < 4.78 is 0. The monoisotopic (exact) mass is 400 g/mol. The first kappa shape index (κ1) is 22.5. The second-order valence-electron chi connectivity index (χ2n) is 7.76.